The van der Waals surface area contributed by atoms with Crippen LogP contribution in [-0.2, 0) is 0 Å². The first kappa shape index (κ1) is 39.2. The summed E-state index contributed by atoms with van der Waals surface area (Å²) in [5.74, 6) is 0. The van der Waals surface area contributed by atoms with E-state index in [0.717, 1.165) is 62.5 Å². The number of nitrogens with two attached hydrogens (primary N) is 4. The molecule has 1 aromatic heterocycles. The lowest BCUT2D eigenvalue weighted by Crippen LogP contribution is -2.02. The maximum atomic E-state index is 6.14. The fourth-order valence-corrected chi connectivity index (χ4v) is 5.23. The van der Waals surface area contributed by atoms with E-state index in [2.05, 4.69) is 98.3 Å². The zero-order valence-corrected chi connectivity index (χ0v) is 29.7. The van der Waals surface area contributed by atoms with Crippen LogP contribution in [0.2, 0.25) is 0 Å². The lowest BCUT2D eigenvalue weighted by atomic mass is 9.94. The van der Waals surface area contributed by atoms with E-state index >= 15 is 0 Å². The van der Waals surface area contributed by atoms with Gasteiger partial charge in [-0.3, -0.25) is 0 Å². The summed E-state index contributed by atoms with van der Waals surface area (Å²) >= 11 is 0. The molecule has 254 valence electrons. The SMILES string of the molecule is C=C/C(=C\c1c(C)c(C)c(-c2ccc(C(/C=C(C)/C(/C=C\C)=C/N)=C/N)cc2C=C)n1-c1ccccc1)C/C=C\C=C\C.N/C=C\C=C/N. The van der Waals surface area contributed by atoms with E-state index in [-0.39, 0.29) is 0 Å². The molecular weight excluding hydrogens is 599 g/mol. The van der Waals surface area contributed by atoms with E-state index in [0.29, 0.717) is 0 Å². The lowest BCUT2D eigenvalue weighted by Gasteiger charge is -2.17. The van der Waals surface area contributed by atoms with Gasteiger partial charge in [-0.15, -0.1) is 0 Å². The number of hydrogen-bond donors (Lipinski definition) is 4. The molecule has 5 nitrogen and oxygen atoms in total. The van der Waals surface area contributed by atoms with Crippen molar-refractivity contribution in [2.75, 3.05) is 0 Å². The predicted octanol–water partition coefficient (Wildman–Crippen LogP) is 10.1. The third-order valence-electron chi connectivity index (χ3n) is 7.88. The van der Waals surface area contributed by atoms with Crippen molar-refractivity contribution in [1.29, 1.82) is 0 Å². The number of nitrogens with zero attached hydrogens (tertiary/aromatic N) is 1. The predicted molar refractivity (Wildman–Crippen MR) is 217 cm³/mol. The van der Waals surface area contributed by atoms with Crippen molar-refractivity contribution in [3.63, 3.8) is 0 Å². The maximum absolute atomic E-state index is 6.14. The van der Waals surface area contributed by atoms with Crippen molar-refractivity contribution in [3.05, 3.63) is 192 Å². The second-order valence-corrected chi connectivity index (χ2v) is 11.1. The Kier molecular flexibility index (Phi) is 16.8. The first-order valence-electron chi connectivity index (χ1n) is 16.3. The zero-order chi connectivity index (χ0) is 36.2. The summed E-state index contributed by atoms with van der Waals surface area (Å²) in [6.45, 7) is 18.7. The van der Waals surface area contributed by atoms with Gasteiger partial charge in [-0.1, -0.05) is 92.1 Å². The van der Waals surface area contributed by atoms with Crippen LogP contribution in [0.5, 0.6) is 0 Å². The van der Waals surface area contributed by atoms with E-state index in [1.807, 2.05) is 63.3 Å². The number of hydrogen-bond acceptors (Lipinski definition) is 4. The number of para-hydroxylation sites is 1. The molecule has 0 aliphatic rings. The van der Waals surface area contributed by atoms with Crippen molar-refractivity contribution in [3.8, 4) is 16.9 Å². The smallest absolute Gasteiger partial charge is 0.0572 e. The molecule has 0 bridgehead atoms. The largest absolute Gasteiger partial charge is 0.405 e. The van der Waals surface area contributed by atoms with Crippen LogP contribution in [0.15, 0.2) is 164 Å². The second-order valence-electron chi connectivity index (χ2n) is 11.1. The molecule has 2 aromatic carbocycles. The van der Waals surface area contributed by atoms with Crippen LogP contribution in [0.3, 0.4) is 0 Å². The standard InChI is InChI=1S/C40H45N3.C4H8N2/c1-8-12-13-15-19-32(10-3)25-39-30(6)31(7)40(43(39)37-20-16-14-17-21-37)38-23-22-34(26-33(38)11-4)36(28-42)24-29(5)35(27-41)18-9-2;5-3-1-2-4-6/h8-18,20-28H,3-4,19,41-42H2,1-2,5-7H3;1-4H,5-6H2/b12-8+,15-13-,18-9-,29-24+,32-25+,35-27+,36-28+;3-1-,4-2-. The minimum Gasteiger partial charge on any atom is -0.405 e. The molecule has 0 amide bonds. The third-order valence-corrected chi connectivity index (χ3v) is 7.88. The Morgan fingerprint density at radius 1 is 0.816 bits per heavy atom. The molecule has 0 atom stereocenters. The highest BCUT2D eigenvalue weighted by atomic mass is 15.0. The first-order chi connectivity index (χ1) is 23.8. The van der Waals surface area contributed by atoms with Gasteiger partial charge in [0.05, 0.1) is 5.69 Å². The van der Waals surface area contributed by atoms with Gasteiger partial charge < -0.3 is 27.5 Å². The molecule has 3 aromatic rings. The molecule has 0 radical (unpaired) electrons. The average molecular weight is 652 g/mol. The van der Waals surface area contributed by atoms with Crippen LogP contribution >= 0.6 is 0 Å². The minimum absolute atomic E-state index is 0.796. The quantitative estimate of drug-likeness (QED) is 0.138. The van der Waals surface area contributed by atoms with Crippen molar-refractivity contribution in [2.45, 2.75) is 41.0 Å². The Bertz CT molecular complexity index is 1820. The molecule has 0 fully saturated rings. The zero-order valence-electron chi connectivity index (χ0n) is 29.7. The summed E-state index contributed by atoms with van der Waals surface area (Å²) in [6.07, 6.45) is 30.6. The number of aromatic nitrogens is 1. The molecule has 49 heavy (non-hydrogen) atoms. The maximum Gasteiger partial charge on any atom is 0.0572 e. The molecule has 5 heteroatoms. The van der Waals surface area contributed by atoms with Crippen molar-refractivity contribution < 1.29 is 0 Å². The minimum atomic E-state index is 0.796. The van der Waals surface area contributed by atoms with Gasteiger partial charge in [0.25, 0.3) is 0 Å². The van der Waals surface area contributed by atoms with Crippen LogP contribution in [-0.4, -0.2) is 4.57 Å². The highest BCUT2D eigenvalue weighted by Crippen LogP contribution is 2.38. The highest BCUT2D eigenvalue weighted by molar-refractivity contribution is 5.84. The van der Waals surface area contributed by atoms with Gasteiger partial charge in [0.15, 0.2) is 0 Å². The molecule has 3 rings (SSSR count). The molecular formula is C44H53N5. The van der Waals surface area contributed by atoms with Gasteiger partial charge in [-0.25, -0.2) is 0 Å². The molecule has 0 spiro atoms. The second kappa shape index (κ2) is 21.0. The summed E-state index contributed by atoms with van der Waals surface area (Å²) < 4.78 is 2.35. The van der Waals surface area contributed by atoms with Gasteiger partial charge in [-0.2, -0.15) is 0 Å². The summed E-state index contributed by atoms with van der Waals surface area (Å²) in [4.78, 5) is 0. The average Bonchev–Trinajstić information content (AvgIpc) is 3.38. The molecule has 0 saturated carbocycles. The van der Waals surface area contributed by atoms with Crippen molar-refractivity contribution >= 4 is 17.7 Å². The molecule has 0 saturated heterocycles. The third kappa shape index (κ3) is 10.8. The molecule has 0 aliphatic carbocycles. The van der Waals surface area contributed by atoms with Crippen LogP contribution in [0, 0.1) is 13.8 Å². The van der Waals surface area contributed by atoms with Crippen LogP contribution in [0.4, 0.5) is 0 Å². The molecule has 8 N–H and O–H groups in total. The Morgan fingerprint density at radius 2 is 1.51 bits per heavy atom. The Morgan fingerprint density at radius 3 is 2.06 bits per heavy atom. The topological polar surface area (TPSA) is 109 Å². The van der Waals surface area contributed by atoms with E-state index in [1.54, 1.807) is 24.6 Å². The van der Waals surface area contributed by atoms with Crippen LogP contribution < -0.4 is 22.9 Å². The number of rotatable bonds is 13. The Balaban J connectivity index is 0.00000127. The lowest BCUT2D eigenvalue weighted by molar-refractivity contribution is 1.06. The van der Waals surface area contributed by atoms with E-state index in [4.69, 9.17) is 22.9 Å². The monoisotopic (exact) mass is 651 g/mol. The summed E-state index contributed by atoms with van der Waals surface area (Å²) in [5.41, 5.74) is 34.8. The fourth-order valence-electron chi connectivity index (χ4n) is 5.23. The Hall–Kier alpha value is -5.94. The van der Waals surface area contributed by atoms with Gasteiger partial charge in [0.1, 0.15) is 0 Å². The first-order valence-corrected chi connectivity index (χ1v) is 16.3. The van der Waals surface area contributed by atoms with Crippen molar-refractivity contribution in [1.82, 2.24) is 4.57 Å². The molecule has 0 aliphatic heterocycles. The van der Waals surface area contributed by atoms with E-state index in [9.17, 15) is 0 Å². The van der Waals surface area contributed by atoms with Gasteiger partial charge >= 0.3 is 0 Å². The van der Waals surface area contributed by atoms with E-state index in [1.165, 1.54) is 23.5 Å². The normalized spacial score (nSPS) is 13.2. The molecule has 0 unspecified atom stereocenters. The molecule has 1 heterocycles. The Labute approximate surface area is 294 Å². The van der Waals surface area contributed by atoms with Gasteiger partial charge in [-0.05, 0) is 140 Å². The number of benzene rings is 2. The van der Waals surface area contributed by atoms with Gasteiger partial charge in [0.2, 0.25) is 0 Å². The summed E-state index contributed by atoms with van der Waals surface area (Å²) in [6, 6.07) is 17.0. The van der Waals surface area contributed by atoms with Crippen LogP contribution in [0.25, 0.3) is 34.7 Å². The summed E-state index contributed by atoms with van der Waals surface area (Å²) in [7, 11) is 0. The van der Waals surface area contributed by atoms with E-state index < -0.39 is 0 Å². The van der Waals surface area contributed by atoms with Crippen LogP contribution in [0.1, 0.15) is 55.1 Å². The summed E-state index contributed by atoms with van der Waals surface area (Å²) in [5, 5.41) is 0. The van der Waals surface area contributed by atoms with Gasteiger partial charge in [0, 0.05) is 29.3 Å². The van der Waals surface area contributed by atoms with Crippen molar-refractivity contribution in [2.24, 2.45) is 22.9 Å². The number of allylic oxidation sites excluding steroid dienone is 14. The highest BCUT2D eigenvalue weighted by Gasteiger charge is 2.21. The fraction of sp³-hybridized carbons (Fsp3) is 0.136.